The second-order valence-corrected chi connectivity index (χ2v) is 7.58. The second-order valence-electron chi connectivity index (χ2n) is 7.58. The Balaban J connectivity index is 1.81. The average molecular weight is 408 g/mol. The highest BCUT2D eigenvalue weighted by Gasteiger charge is 2.34. The van der Waals surface area contributed by atoms with Crippen LogP contribution >= 0.6 is 0 Å². The number of urea groups is 1. The number of nitrogens with one attached hydrogen (secondary N) is 2. The van der Waals surface area contributed by atoms with Crippen LogP contribution < -0.4 is 15.4 Å². The minimum Gasteiger partial charge on any atom is -0.489 e. The molecule has 2 N–H and O–H groups in total. The maximum atomic E-state index is 12.7. The van der Waals surface area contributed by atoms with E-state index in [9.17, 15) is 9.59 Å². The van der Waals surface area contributed by atoms with E-state index in [1.54, 1.807) is 6.92 Å². The number of benzene rings is 2. The van der Waals surface area contributed by atoms with Crippen molar-refractivity contribution >= 4 is 12.0 Å². The lowest BCUT2D eigenvalue weighted by Crippen LogP contribution is -2.47. The van der Waals surface area contributed by atoms with Crippen LogP contribution in [0.1, 0.15) is 43.5 Å². The van der Waals surface area contributed by atoms with Crippen LogP contribution in [0.5, 0.6) is 5.75 Å². The Labute approximate surface area is 177 Å². The molecule has 2 aromatic carbocycles. The van der Waals surface area contributed by atoms with Gasteiger partial charge in [-0.15, -0.1) is 0 Å². The van der Waals surface area contributed by atoms with Crippen LogP contribution in [-0.2, 0) is 16.1 Å². The van der Waals surface area contributed by atoms with Gasteiger partial charge in [0, 0.05) is 5.70 Å². The average Bonchev–Trinajstić information content (AvgIpc) is 2.73. The first-order valence-electron chi connectivity index (χ1n) is 10.2. The van der Waals surface area contributed by atoms with E-state index in [1.165, 1.54) is 5.56 Å². The molecule has 158 valence electrons. The third-order valence-electron chi connectivity index (χ3n) is 4.91. The maximum Gasteiger partial charge on any atom is 0.338 e. The summed E-state index contributed by atoms with van der Waals surface area (Å²) in [7, 11) is 0. The van der Waals surface area contributed by atoms with Gasteiger partial charge in [0.05, 0.1) is 18.2 Å². The minimum absolute atomic E-state index is 0.0323. The number of rotatable bonds is 7. The largest absolute Gasteiger partial charge is 0.489 e. The lowest BCUT2D eigenvalue weighted by Gasteiger charge is -2.31. The fourth-order valence-electron chi connectivity index (χ4n) is 3.33. The van der Waals surface area contributed by atoms with E-state index < -0.39 is 12.0 Å². The standard InChI is InChI=1S/C24H28N2O4/c1-5-29-23(27)20-21(15(2)3)25-24(28)26-22(20)18-10-12-19(13-11-18)30-14-17-8-6-16(4)7-9-17/h6-13,15,22H,5,14H2,1-4H3,(H2,25,26,28). The number of ether oxygens (including phenoxy) is 2. The highest BCUT2D eigenvalue weighted by Crippen LogP contribution is 2.31. The smallest absolute Gasteiger partial charge is 0.338 e. The summed E-state index contributed by atoms with van der Waals surface area (Å²) >= 11 is 0. The van der Waals surface area contributed by atoms with Crippen LogP contribution in [0.2, 0.25) is 0 Å². The van der Waals surface area contributed by atoms with Crippen molar-refractivity contribution in [2.75, 3.05) is 6.61 Å². The molecule has 3 rings (SSSR count). The summed E-state index contributed by atoms with van der Waals surface area (Å²) in [5.74, 6) is 0.249. The van der Waals surface area contributed by atoms with Crippen molar-refractivity contribution in [2.45, 2.75) is 40.3 Å². The molecule has 2 aromatic rings. The van der Waals surface area contributed by atoms with Crippen molar-refractivity contribution in [2.24, 2.45) is 5.92 Å². The molecule has 1 unspecified atom stereocenters. The van der Waals surface area contributed by atoms with E-state index in [-0.39, 0.29) is 18.6 Å². The quantitative estimate of drug-likeness (QED) is 0.666. The van der Waals surface area contributed by atoms with Crippen molar-refractivity contribution in [1.29, 1.82) is 0 Å². The zero-order chi connectivity index (χ0) is 21.7. The van der Waals surface area contributed by atoms with Crippen molar-refractivity contribution < 1.29 is 19.1 Å². The molecule has 0 bridgehead atoms. The van der Waals surface area contributed by atoms with Gasteiger partial charge in [-0.2, -0.15) is 0 Å². The van der Waals surface area contributed by atoms with Gasteiger partial charge in [-0.3, -0.25) is 0 Å². The van der Waals surface area contributed by atoms with E-state index in [2.05, 4.69) is 22.8 Å². The molecular weight excluding hydrogens is 380 g/mol. The molecule has 2 amide bonds. The molecule has 0 aromatic heterocycles. The number of esters is 1. The van der Waals surface area contributed by atoms with Gasteiger partial charge in [-0.1, -0.05) is 55.8 Å². The van der Waals surface area contributed by atoms with E-state index in [1.807, 2.05) is 57.2 Å². The summed E-state index contributed by atoms with van der Waals surface area (Å²) in [5, 5.41) is 5.60. The van der Waals surface area contributed by atoms with E-state index in [0.29, 0.717) is 23.6 Å². The molecule has 1 atom stereocenters. The van der Waals surface area contributed by atoms with Gasteiger partial charge in [0.2, 0.25) is 0 Å². The summed E-state index contributed by atoms with van der Waals surface area (Å²) in [6.45, 7) is 8.40. The van der Waals surface area contributed by atoms with E-state index in [4.69, 9.17) is 9.47 Å². The zero-order valence-electron chi connectivity index (χ0n) is 17.8. The number of aryl methyl sites for hydroxylation is 1. The van der Waals surface area contributed by atoms with Crippen LogP contribution in [-0.4, -0.2) is 18.6 Å². The first-order chi connectivity index (χ1) is 14.4. The topological polar surface area (TPSA) is 76.7 Å². The molecule has 6 nitrogen and oxygen atoms in total. The van der Waals surface area contributed by atoms with Crippen molar-refractivity contribution in [1.82, 2.24) is 10.6 Å². The van der Waals surface area contributed by atoms with Gasteiger partial charge in [-0.25, -0.2) is 9.59 Å². The number of carbonyl (C=O) groups is 2. The maximum absolute atomic E-state index is 12.7. The Kier molecular flexibility index (Phi) is 6.77. The number of allylic oxidation sites excluding steroid dienone is 1. The first kappa shape index (κ1) is 21.4. The SMILES string of the molecule is CCOC(=O)C1=C(C(C)C)NC(=O)NC1c1ccc(OCc2ccc(C)cc2)cc1. The highest BCUT2D eigenvalue weighted by atomic mass is 16.5. The predicted octanol–water partition coefficient (Wildman–Crippen LogP) is 4.40. The summed E-state index contributed by atoms with van der Waals surface area (Å²) in [6, 6.07) is 14.7. The fourth-order valence-corrected chi connectivity index (χ4v) is 3.33. The first-order valence-corrected chi connectivity index (χ1v) is 10.2. The predicted molar refractivity (Wildman–Crippen MR) is 115 cm³/mol. The number of hydrogen-bond donors (Lipinski definition) is 2. The molecule has 1 aliphatic rings. The summed E-state index contributed by atoms with van der Waals surface area (Å²) in [4.78, 5) is 24.9. The van der Waals surface area contributed by atoms with Crippen molar-refractivity contribution in [3.05, 3.63) is 76.5 Å². The Morgan fingerprint density at radius 3 is 2.33 bits per heavy atom. The third kappa shape index (κ3) is 5.00. The normalized spacial score (nSPS) is 16.2. The molecule has 0 spiro atoms. The van der Waals surface area contributed by atoms with Gasteiger partial charge in [0.15, 0.2) is 0 Å². The third-order valence-corrected chi connectivity index (χ3v) is 4.91. The summed E-state index contributed by atoms with van der Waals surface area (Å²) < 4.78 is 11.1. The van der Waals surface area contributed by atoms with Gasteiger partial charge >= 0.3 is 12.0 Å². The Hall–Kier alpha value is -3.28. The van der Waals surface area contributed by atoms with Gasteiger partial charge in [0.25, 0.3) is 0 Å². The molecule has 0 aliphatic carbocycles. The second kappa shape index (κ2) is 9.48. The lowest BCUT2D eigenvalue weighted by atomic mass is 9.91. The summed E-state index contributed by atoms with van der Waals surface area (Å²) in [6.07, 6.45) is 0. The van der Waals surface area contributed by atoms with Crippen LogP contribution in [0, 0.1) is 12.8 Å². The molecule has 0 fully saturated rings. The zero-order valence-corrected chi connectivity index (χ0v) is 17.8. The minimum atomic E-state index is -0.582. The molecule has 1 heterocycles. The molecule has 30 heavy (non-hydrogen) atoms. The van der Waals surface area contributed by atoms with Crippen molar-refractivity contribution in [3.8, 4) is 5.75 Å². The Bertz CT molecular complexity index is 931. The molecule has 6 heteroatoms. The molecule has 1 aliphatic heterocycles. The molecule has 0 saturated carbocycles. The molecule has 0 radical (unpaired) electrons. The fraction of sp³-hybridized carbons (Fsp3) is 0.333. The number of hydrogen-bond acceptors (Lipinski definition) is 4. The molecule has 0 saturated heterocycles. The number of amides is 2. The monoisotopic (exact) mass is 408 g/mol. The Morgan fingerprint density at radius 2 is 1.73 bits per heavy atom. The Morgan fingerprint density at radius 1 is 1.07 bits per heavy atom. The van der Waals surface area contributed by atoms with Crippen LogP contribution in [0.25, 0.3) is 0 Å². The van der Waals surface area contributed by atoms with Crippen LogP contribution in [0.3, 0.4) is 0 Å². The van der Waals surface area contributed by atoms with E-state index >= 15 is 0 Å². The van der Waals surface area contributed by atoms with Crippen molar-refractivity contribution in [3.63, 3.8) is 0 Å². The number of carbonyl (C=O) groups excluding carboxylic acids is 2. The summed E-state index contributed by atoms with van der Waals surface area (Å²) in [5.41, 5.74) is 4.10. The molecular formula is C24H28N2O4. The lowest BCUT2D eigenvalue weighted by molar-refractivity contribution is -0.139. The van der Waals surface area contributed by atoms with Gasteiger partial charge in [-0.05, 0) is 43.0 Å². The van der Waals surface area contributed by atoms with Gasteiger partial charge < -0.3 is 20.1 Å². The van der Waals surface area contributed by atoms with Crippen LogP contribution in [0.4, 0.5) is 4.79 Å². The highest BCUT2D eigenvalue weighted by molar-refractivity contribution is 5.95. The van der Waals surface area contributed by atoms with Gasteiger partial charge in [0.1, 0.15) is 12.4 Å². The van der Waals surface area contributed by atoms with Crippen LogP contribution in [0.15, 0.2) is 59.8 Å². The van der Waals surface area contributed by atoms with E-state index in [0.717, 1.165) is 11.1 Å².